The van der Waals surface area contributed by atoms with Gasteiger partial charge in [-0.2, -0.15) is 0 Å². The highest BCUT2D eigenvalue weighted by Gasteiger charge is 2.04. The van der Waals surface area contributed by atoms with Crippen molar-refractivity contribution in [3.63, 3.8) is 0 Å². The van der Waals surface area contributed by atoms with E-state index in [-0.39, 0.29) is 5.97 Å². The maximum absolute atomic E-state index is 10.7. The summed E-state index contributed by atoms with van der Waals surface area (Å²) < 4.78 is 4.46. The second-order valence-electron chi connectivity index (χ2n) is 1.89. The van der Waals surface area contributed by atoms with E-state index in [1.807, 2.05) is 0 Å². The lowest BCUT2D eigenvalue weighted by molar-refractivity contribution is -0.136. The summed E-state index contributed by atoms with van der Waals surface area (Å²) in [5, 5.41) is 0.892. The van der Waals surface area contributed by atoms with Gasteiger partial charge >= 0.3 is 5.97 Å². The molecule has 3 heteroatoms. The Morgan fingerprint density at radius 3 is 2.70 bits per heavy atom. The third-order valence-electron chi connectivity index (χ3n) is 1.09. The van der Waals surface area contributed by atoms with Crippen molar-refractivity contribution in [1.82, 2.24) is 0 Å². The predicted molar refractivity (Wildman–Crippen MR) is 44.2 cm³/mol. The molecule has 0 spiro atoms. The van der Waals surface area contributed by atoms with E-state index >= 15 is 0 Å². The molecular formula is C7H11BrO2. The maximum Gasteiger partial charge on any atom is 0.333 e. The van der Waals surface area contributed by atoms with E-state index in [0.717, 1.165) is 11.8 Å². The Balaban J connectivity index is 3.52. The quantitative estimate of drug-likeness (QED) is 0.399. The molecular weight excluding hydrogens is 196 g/mol. The van der Waals surface area contributed by atoms with Gasteiger partial charge in [0, 0.05) is 10.9 Å². The molecule has 0 unspecified atom stereocenters. The van der Waals surface area contributed by atoms with Crippen LogP contribution in [0, 0.1) is 0 Å². The number of halogens is 1. The Bertz CT molecular complexity index is 132. The summed E-state index contributed by atoms with van der Waals surface area (Å²) in [7, 11) is 1.36. The van der Waals surface area contributed by atoms with E-state index in [2.05, 4.69) is 27.2 Å². The third kappa shape index (κ3) is 3.67. The third-order valence-corrected chi connectivity index (χ3v) is 1.65. The van der Waals surface area contributed by atoms with Crippen LogP contribution in [0.1, 0.15) is 12.8 Å². The van der Waals surface area contributed by atoms with E-state index in [9.17, 15) is 4.79 Å². The zero-order valence-electron chi connectivity index (χ0n) is 6.02. The highest BCUT2D eigenvalue weighted by atomic mass is 79.9. The summed E-state index contributed by atoms with van der Waals surface area (Å²) in [5.41, 5.74) is 0.543. The first-order valence-electron chi connectivity index (χ1n) is 3.04. The minimum Gasteiger partial charge on any atom is -0.466 e. The Labute approximate surface area is 69.4 Å². The van der Waals surface area contributed by atoms with Crippen molar-refractivity contribution >= 4 is 21.9 Å². The van der Waals surface area contributed by atoms with Crippen LogP contribution in [0.4, 0.5) is 0 Å². The molecule has 0 rings (SSSR count). The first-order valence-corrected chi connectivity index (χ1v) is 4.16. The molecule has 0 aliphatic carbocycles. The van der Waals surface area contributed by atoms with Crippen LogP contribution in [0.15, 0.2) is 12.2 Å². The fourth-order valence-corrected chi connectivity index (χ4v) is 0.807. The molecule has 0 heterocycles. The van der Waals surface area contributed by atoms with Crippen molar-refractivity contribution in [2.24, 2.45) is 0 Å². The average Bonchev–Trinajstić information content (AvgIpc) is 1.98. The largest absolute Gasteiger partial charge is 0.466 e. The normalized spacial score (nSPS) is 9.00. The van der Waals surface area contributed by atoms with Gasteiger partial charge < -0.3 is 4.74 Å². The standard InChI is InChI=1S/C7H11BrO2/c1-6(4-3-5-8)7(9)10-2/h1,3-5H2,2H3. The summed E-state index contributed by atoms with van der Waals surface area (Å²) in [4.78, 5) is 10.7. The smallest absolute Gasteiger partial charge is 0.333 e. The van der Waals surface area contributed by atoms with Crippen molar-refractivity contribution in [3.05, 3.63) is 12.2 Å². The van der Waals surface area contributed by atoms with Crippen LogP contribution in [-0.2, 0) is 9.53 Å². The molecule has 0 atom stereocenters. The predicted octanol–water partition coefficient (Wildman–Crippen LogP) is 1.89. The molecule has 0 radical (unpaired) electrons. The number of carbonyl (C=O) groups is 1. The monoisotopic (exact) mass is 206 g/mol. The van der Waals surface area contributed by atoms with Gasteiger partial charge in [0.1, 0.15) is 0 Å². The number of esters is 1. The number of ether oxygens (including phenoxy) is 1. The molecule has 0 aromatic rings. The lowest BCUT2D eigenvalue weighted by atomic mass is 10.2. The van der Waals surface area contributed by atoms with Crippen molar-refractivity contribution < 1.29 is 9.53 Å². The summed E-state index contributed by atoms with van der Waals surface area (Å²) >= 11 is 3.26. The van der Waals surface area contributed by atoms with Crippen LogP contribution in [-0.4, -0.2) is 18.4 Å². The summed E-state index contributed by atoms with van der Waals surface area (Å²) in [6.07, 6.45) is 1.63. The van der Waals surface area contributed by atoms with E-state index in [1.165, 1.54) is 7.11 Å². The van der Waals surface area contributed by atoms with Crippen LogP contribution in [0.2, 0.25) is 0 Å². The van der Waals surface area contributed by atoms with Gasteiger partial charge in [0.05, 0.1) is 7.11 Å². The number of alkyl halides is 1. The van der Waals surface area contributed by atoms with Crippen LogP contribution in [0.5, 0.6) is 0 Å². The van der Waals surface area contributed by atoms with Gasteiger partial charge in [-0.05, 0) is 12.8 Å². The molecule has 0 fully saturated rings. The fourth-order valence-electron chi connectivity index (χ4n) is 0.527. The molecule has 0 aromatic carbocycles. The van der Waals surface area contributed by atoms with E-state index in [1.54, 1.807) is 0 Å². The highest BCUT2D eigenvalue weighted by molar-refractivity contribution is 9.09. The molecule has 2 nitrogen and oxygen atoms in total. The number of hydrogen-bond donors (Lipinski definition) is 0. The average molecular weight is 207 g/mol. The van der Waals surface area contributed by atoms with Gasteiger partial charge in [0.15, 0.2) is 0 Å². The van der Waals surface area contributed by atoms with Crippen LogP contribution in [0.3, 0.4) is 0 Å². The minimum absolute atomic E-state index is 0.305. The summed E-state index contributed by atoms with van der Waals surface area (Å²) in [5.74, 6) is -0.305. The summed E-state index contributed by atoms with van der Waals surface area (Å²) in [6.45, 7) is 3.57. The van der Waals surface area contributed by atoms with Gasteiger partial charge in [-0.25, -0.2) is 4.79 Å². The second kappa shape index (κ2) is 5.47. The van der Waals surface area contributed by atoms with E-state index < -0.39 is 0 Å². The number of carbonyl (C=O) groups excluding carboxylic acids is 1. The zero-order valence-corrected chi connectivity index (χ0v) is 7.61. The lowest BCUT2D eigenvalue weighted by Crippen LogP contribution is -2.03. The SMILES string of the molecule is C=C(CCCBr)C(=O)OC. The first kappa shape index (κ1) is 9.69. The Morgan fingerprint density at radius 1 is 1.70 bits per heavy atom. The Kier molecular flexibility index (Phi) is 5.30. The Morgan fingerprint density at radius 2 is 2.30 bits per heavy atom. The van der Waals surface area contributed by atoms with Gasteiger partial charge in [0.2, 0.25) is 0 Å². The molecule has 0 bridgehead atoms. The molecule has 0 saturated carbocycles. The number of rotatable bonds is 4. The van der Waals surface area contributed by atoms with Crippen molar-refractivity contribution in [2.75, 3.05) is 12.4 Å². The second-order valence-corrected chi connectivity index (χ2v) is 2.68. The lowest BCUT2D eigenvalue weighted by Gasteiger charge is -1.99. The molecule has 0 aromatic heterocycles. The van der Waals surface area contributed by atoms with Crippen LogP contribution < -0.4 is 0 Å². The van der Waals surface area contributed by atoms with Crippen LogP contribution >= 0.6 is 15.9 Å². The van der Waals surface area contributed by atoms with Crippen molar-refractivity contribution in [2.45, 2.75) is 12.8 Å². The number of hydrogen-bond acceptors (Lipinski definition) is 2. The summed E-state index contributed by atoms with van der Waals surface area (Å²) in [6, 6.07) is 0. The molecule has 0 amide bonds. The molecule has 0 aliphatic rings. The van der Waals surface area contributed by atoms with E-state index in [4.69, 9.17) is 0 Å². The zero-order chi connectivity index (χ0) is 7.98. The topological polar surface area (TPSA) is 26.3 Å². The Hall–Kier alpha value is -0.310. The highest BCUT2D eigenvalue weighted by Crippen LogP contribution is 2.05. The minimum atomic E-state index is -0.305. The van der Waals surface area contributed by atoms with Crippen molar-refractivity contribution in [1.29, 1.82) is 0 Å². The van der Waals surface area contributed by atoms with Gasteiger partial charge in [0.25, 0.3) is 0 Å². The van der Waals surface area contributed by atoms with E-state index in [0.29, 0.717) is 12.0 Å². The molecule has 58 valence electrons. The van der Waals surface area contributed by atoms with Gasteiger partial charge in [-0.15, -0.1) is 0 Å². The molecule has 10 heavy (non-hydrogen) atoms. The van der Waals surface area contributed by atoms with Crippen molar-refractivity contribution in [3.8, 4) is 0 Å². The van der Waals surface area contributed by atoms with Gasteiger partial charge in [-0.1, -0.05) is 22.5 Å². The van der Waals surface area contributed by atoms with Gasteiger partial charge in [-0.3, -0.25) is 0 Å². The fraction of sp³-hybridized carbons (Fsp3) is 0.571. The molecule has 0 N–H and O–H groups in total. The van der Waals surface area contributed by atoms with Crippen LogP contribution in [0.25, 0.3) is 0 Å². The molecule has 0 saturated heterocycles. The maximum atomic E-state index is 10.7. The number of methoxy groups -OCH3 is 1. The first-order chi connectivity index (χ1) is 4.72. The molecule has 0 aliphatic heterocycles.